The highest BCUT2D eigenvalue weighted by Crippen LogP contribution is 2.25. The van der Waals surface area contributed by atoms with E-state index in [4.69, 9.17) is 10.2 Å². The summed E-state index contributed by atoms with van der Waals surface area (Å²) >= 11 is 0. The highest BCUT2D eigenvalue weighted by Gasteiger charge is 2.33. The minimum absolute atomic E-state index is 0.0706. The molecule has 8 nitrogen and oxygen atoms in total. The second-order valence-corrected chi connectivity index (χ2v) is 6.27. The van der Waals surface area contributed by atoms with E-state index in [1.54, 1.807) is 0 Å². The van der Waals surface area contributed by atoms with Gasteiger partial charge < -0.3 is 10.0 Å². The Morgan fingerprint density at radius 1 is 1.55 bits per heavy atom. The highest BCUT2D eigenvalue weighted by atomic mass is 32.2. The topological polar surface area (TPSA) is 131 Å². The fraction of sp³-hybridized carbons (Fsp3) is 0.364. The van der Waals surface area contributed by atoms with Gasteiger partial charge in [-0.1, -0.05) is 0 Å². The second-order valence-electron chi connectivity index (χ2n) is 4.61. The Labute approximate surface area is 115 Å². The first-order chi connectivity index (χ1) is 9.26. The van der Waals surface area contributed by atoms with Crippen molar-refractivity contribution >= 4 is 27.6 Å². The molecule has 0 bridgehead atoms. The van der Waals surface area contributed by atoms with Crippen LogP contribution in [-0.2, 0) is 14.8 Å². The van der Waals surface area contributed by atoms with E-state index in [0.717, 1.165) is 0 Å². The zero-order valence-electron chi connectivity index (χ0n) is 10.4. The van der Waals surface area contributed by atoms with Crippen molar-refractivity contribution in [3.8, 4) is 0 Å². The first-order valence-electron chi connectivity index (χ1n) is 5.76. The molecule has 3 N–H and O–H groups in total. The van der Waals surface area contributed by atoms with E-state index in [1.807, 2.05) is 0 Å². The van der Waals surface area contributed by atoms with Gasteiger partial charge in [0.05, 0.1) is 5.75 Å². The molecule has 20 heavy (non-hydrogen) atoms. The number of carbonyl (C=O) groups is 2. The van der Waals surface area contributed by atoms with E-state index in [1.165, 1.54) is 23.2 Å². The van der Waals surface area contributed by atoms with Gasteiger partial charge in [0.25, 0.3) is 0 Å². The third-order valence-corrected chi connectivity index (χ3v) is 3.88. The monoisotopic (exact) mass is 299 g/mol. The number of amides is 1. The third-order valence-electron chi connectivity index (χ3n) is 2.95. The number of carboxylic acid groups (broad SMARTS) is 1. The summed E-state index contributed by atoms with van der Waals surface area (Å²) in [6.07, 6.45) is 1.36. The quantitative estimate of drug-likeness (QED) is 0.765. The number of nitrogens with two attached hydrogens (primary N) is 1. The molecule has 2 heterocycles. The lowest BCUT2D eigenvalue weighted by Gasteiger charge is -2.16. The molecule has 0 radical (unpaired) electrons. The molecule has 1 unspecified atom stereocenters. The summed E-state index contributed by atoms with van der Waals surface area (Å²) < 4.78 is 22.1. The number of hydrogen-bond donors (Lipinski definition) is 2. The van der Waals surface area contributed by atoms with Crippen molar-refractivity contribution in [3.05, 3.63) is 24.0 Å². The summed E-state index contributed by atoms with van der Waals surface area (Å²) in [7, 11) is -3.64. The van der Waals surface area contributed by atoms with Gasteiger partial charge in [-0.3, -0.25) is 4.79 Å². The van der Waals surface area contributed by atoms with Crippen LogP contribution in [0.3, 0.4) is 0 Å². The van der Waals surface area contributed by atoms with Crippen LogP contribution in [0.4, 0.5) is 5.69 Å². The smallest absolute Gasteiger partial charge is 0.354 e. The number of rotatable bonds is 4. The number of aromatic nitrogens is 1. The van der Waals surface area contributed by atoms with Gasteiger partial charge in [0.1, 0.15) is 5.69 Å². The molecule has 2 rings (SSSR count). The van der Waals surface area contributed by atoms with E-state index >= 15 is 0 Å². The number of anilines is 1. The predicted octanol–water partition coefficient (Wildman–Crippen LogP) is -0.579. The van der Waals surface area contributed by atoms with E-state index in [9.17, 15) is 18.0 Å². The number of nitrogens with zero attached hydrogens (tertiary/aromatic N) is 2. The van der Waals surface area contributed by atoms with Gasteiger partial charge in [0, 0.05) is 30.8 Å². The molecule has 1 amide bonds. The number of sulfonamides is 1. The second kappa shape index (κ2) is 5.17. The van der Waals surface area contributed by atoms with Gasteiger partial charge >= 0.3 is 5.97 Å². The molecule has 1 fully saturated rings. The van der Waals surface area contributed by atoms with Crippen molar-refractivity contribution in [1.82, 2.24) is 4.98 Å². The van der Waals surface area contributed by atoms with Crippen molar-refractivity contribution in [1.29, 1.82) is 0 Å². The van der Waals surface area contributed by atoms with E-state index in [-0.39, 0.29) is 36.2 Å². The number of primary sulfonamides is 1. The highest BCUT2D eigenvalue weighted by molar-refractivity contribution is 7.89. The molecule has 9 heteroatoms. The number of hydrogen-bond acceptors (Lipinski definition) is 5. The van der Waals surface area contributed by atoms with Gasteiger partial charge in [-0.2, -0.15) is 0 Å². The number of carboxylic acids is 1. The number of carbonyl (C=O) groups excluding carboxylic acids is 1. The van der Waals surface area contributed by atoms with E-state index in [2.05, 4.69) is 4.98 Å². The Balaban J connectivity index is 2.20. The summed E-state index contributed by atoms with van der Waals surface area (Å²) in [5.41, 5.74) is 0.213. The minimum atomic E-state index is -3.64. The first kappa shape index (κ1) is 14.4. The molecule has 1 saturated heterocycles. The fourth-order valence-corrected chi connectivity index (χ4v) is 3.06. The summed E-state index contributed by atoms with van der Waals surface area (Å²) in [6.45, 7) is 0.193. The maximum Gasteiger partial charge on any atom is 0.354 e. The van der Waals surface area contributed by atoms with Crippen LogP contribution in [0.2, 0.25) is 0 Å². The largest absolute Gasteiger partial charge is 0.477 e. The maximum atomic E-state index is 11.9. The molecule has 108 valence electrons. The van der Waals surface area contributed by atoms with Crippen molar-refractivity contribution in [2.24, 2.45) is 11.1 Å². The van der Waals surface area contributed by atoms with Crippen LogP contribution in [0.1, 0.15) is 16.9 Å². The average Bonchev–Trinajstić information content (AvgIpc) is 2.68. The van der Waals surface area contributed by atoms with Crippen molar-refractivity contribution in [2.75, 3.05) is 17.2 Å². The zero-order valence-corrected chi connectivity index (χ0v) is 11.2. The van der Waals surface area contributed by atoms with Crippen LogP contribution < -0.4 is 10.0 Å². The molecule has 1 aromatic rings. The van der Waals surface area contributed by atoms with Crippen LogP contribution in [0.25, 0.3) is 0 Å². The van der Waals surface area contributed by atoms with Gasteiger partial charge in [-0.05, 0) is 12.1 Å². The Hall–Kier alpha value is -2.00. The Morgan fingerprint density at radius 3 is 2.85 bits per heavy atom. The maximum absolute atomic E-state index is 11.9. The minimum Gasteiger partial charge on any atom is -0.477 e. The zero-order chi connectivity index (χ0) is 14.9. The lowest BCUT2D eigenvalue weighted by atomic mass is 10.1. The number of pyridine rings is 1. The molecule has 1 aromatic heterocycles. The van der Waals surface area contributed by atoms with Crippen molar-refractivity contribution in [3.63, 3.8) is 0 Å². The summed E-state index contributed by atoms with van der Waals surface area (Å²) in [6, 6.07) is 2.78. The average molecular weight is 299 g/mol. The number of aromatic carboxylic acids is 1. The lowest BCUT2D eigenvalue weighted by molar-refractivity contribution is -0.117. The molecule has 0 saturated carbocycles. The van der Waals surface area contributed by atoms with E-state index < -0.39 is 16.0 Å². The van der Waals surface area contributed by atoms with Gasteiger partial charge in [0.2, 0.25) is 15.9 Å². The fourth-order valence-electron chi connectivity index (χ4n) is 2.18. The molecule has 0 aliphatic carbocycles. The third kappa shape index (κ3) is 3.31. The SMILES string of the molecule is NS(=O)(=O)CC1CC(=O)N(c2ccnc(C(=O)O)c2)C1. The molecular formula is C11H13N3O5S. The Kier molecular flexibility index (Phi) is 3.73. The van der Waals surface area contributed by atoms with Crippen molar-refractivity contribution in [2.45, 2.75) is 6.42 Å². The van der Waals surface area contributed by atoms with Crippen LogP contribution in [0.15, 0.2) is 18.3 Å². The molecular weight excluding hydrogens is 286 g/mol. The van der Waals surface area contributed by atoms with Gasteiger partial charge in [-0.15, -0.1) is 0 Å². The Bertz CT molecular complexity index is 658. The molecule has 0 aromatic carbocycles. The van der Waals surface area contributed by atoms with Crippen LogP contribution in [0, 0.1) is 5.92 Å². The molecule has 1 atom stereocenters. The summed E-state index contributed by atoms with van der Waals surface area (Å²) in [5.74, 6) is -2.12. The predicted molar refractivity (Wildman–Crippen MR) is 69.6 cm³/mol. The first-order valence-corrected chi connectivity index (χ1v) is 7.48. The van der Waals surface area contributed by atoms with Crippen LogP contribution >= 0.6 is 0 Å². The standard InChI is InChI=1S/C11H13N3O5S/c12-20(18,19)6-7-3-10(15)14(5-7)8-1-2-13-9(4-8)11(16)17/h1-2,4,7H,3,5-6H2,(H,16,17)(H2,12,18,19). The molecule has 1 aliphatic rings. The Morgan fingerprint density at radius 2 is 2.25 bits per heavy atom. The van der Waals surface area contributed by atoms with Gasteiger partial charge in [-0.25, -0.2) is 23.3 Å². The lowest BCUT2D eigenvalue weighted by Crippen LogP contribution is -2.27. The summed E-state index contributed by atoms with van der Waals surface area (Å²) in [4.78, 5) is 27.7. The molecule has 0 spiro atoms. The normalized spacial score (nSPS) is 19.4. The van der Waals surface area contributed by atoms with Crippen molar-refractivity contribution < 1.29 is 23.1 Å². The molecule has 1 aliphatic heterocycles. The van der Waals surface area contributed by atoms with Crippen LogP contribution in [0.5, 0.6) is 0 Å². The van der Waals surface area contributed by atoms with Crippen LogP contribution in [-0.4, -0.2) is 42.7 Å². The summed E-state index contributed by atoms with van der Waals surface area (Å²) in [5, 5.41) is 13.8. The van der Waals surface area contributed by atoms with Gasteiger partial charge in [0.15, 0.2) is 0 Å². The van der Waals surface area contributed by atoms with E-state index in [0.29, 0.717) is 5.69 Å².